The fourth-order valence-electron chi connectivity index (χ4n) is 1.88. The Kier molecular flexibility index (Phi) is 7.52. The van der Waals surface area contributed by atoms with Crippen LogP contribution in [0.5, 0.6) is 5.88 Å². The number of hydrogen-bond donors (Lipinski definition) is 1. The van der Waals surface area contributed by atoms with Crippen LogP contribution in [0.1, 0.15) is 46.1 Å². The summed E-state index contributed by atoms with van der Waals surface area (Å²) in [5.74, 6) is 1.46. The Hall–Kier alpha value is -1.16. The highest BCUT2D eigenvalue weighted by Gasteiger charge is 2.08. The fourth-order valence-corrected chi connectivity index (χ4v) is 1.88. The van der Waals surface area contributed by atoms with Gasteiger partial charge in [-0.25, -0.2) is 9.37 Å². The molecule has 0 bridgehead atoms. The van der Waals surface area contributed by atoms with Crippen LogP contribution in [0.2, 0.25) is 0 Å². The molecule has 0 aromatic carbocycles. The highest BCUT2D eigenvalue weighted by Crippen LogP contribution is 2.17. The first-order chi connectivity index (χ1) is 9.49. The normalized spacial score (nSPS) is 11.3. The minimum absolute atomic E-state index is 0.319. The predicted molar refractivity (Wildman–Crippen MR) is 80.3 cm³/mol. The van der Waals surface area contributed by atoms with Crippen LogP contribution >= 0.6 is 0 Å². The molecule has 0 radical (unpaired) electrons. The third-order valence-corrected chi connectivity index (χ3v) is 2.92. The van der Waals surface area contributed by atoms with Crippen LogP contribution in [0.25, 0.3) is 0 Å². The molecule has 0 saturated carbocycles. The van der Waals surface area contributed by atoms with Crippen LogP contribution < -0.4 is 10.1 Å². The van der Waals surface area contributed by atoms with Crippen LogP contribution in [-0.2, 0) is 6.54 Å². The maximum absolute atomic E-state index is 13.3. The molecule has 1 N–H and O–H groups in total. The maximum Gasteiger partial charge on any atom is 0.218 e. The van der Waals surface area contributed by atoms with Gasteiger partial charge in [-0.2, -0.15) is 0 Å². The topological polar surface area (TPSA) is 34.1 Å². The smallest absolute Gasteiger partial charge is 0.218 e. The lowest BCUT2D eigenvalue weighted by Gasteiger charge is -2.12. The first-order valence-electron chi connectivity index (χ1n) is 7.47. The molecule has 1 aromatic rings. The molecule has 0 unspecified atom stereocenters. The highest BCUT2D eigenvalue weighted by atomic mass is 19.1. The van der Waals surface area contributed by atoms with Crippen molar-refractivity contribution in [1.82, 2.24) is 10.3 Å². The number of hydrogen-bond acceptors (Lipinski definition) is 3. The van der Waals surface area contributed by atoms with Crippen LogP contribution in [0.15, 0.2) is 12.3 Å². The molecular weight excluding hydrogens is 255 g/mol. The summed E-state index contributed by atoms with van der Waals surface area (Å²) >= 11 is 0. The van der Waals surface area contributed by atoms with Crippen molar-refractivity contribution in [3.63, 3.8) is 0 Å². The van der Waals surface area contributed by atoms with E-state index in [4.69, 9.17) is 4.74 Å². The second-order valence-electron chi connectivity index (χ2n) is 6.03. The zero-order valence-corrected chi connectivity index (χ0v) is 13.1. The molecule has 114 valence electrons. The van der Waals surface area contributed by atoms with E-state index in [1.54, 1.807) is 0 Å². The second-order valence-corrected chi connectivity index (χ2v) is 6.03. The van der Waals surface area contributed by atoms with Crippen LogP contribution in [0.3, 0.4) is 0 Å². The van der Waals surface area contributed by atoms with Gasteiger partial charge in [-0.1, -0.05) is 27.7 Å². The van der Waals surface area contributed by atoms with Crippen molar-refractivity contribution < 1.29 is 9.13 Å². The number of aromatic nitrogens is 1. The van der Waals surface area contributed by atoms with Crippen molar-refractivity contribution in [2.24, 2.45) is 11.8 Å². The van der Waals surface area contributed by atoms with Gasteiger partial charge in [0.15, 0.2) is 0 Å². The van der Waals surface area contributed by atoms with E-state index in [9.17, 15) is 4.39 Å². The first kappa shape index (κ1) is 16.9. The zero-order valence-electron chi connectivity index (χ0n) is 13.1. The van der Waals surface area contributed by atoms with Crippen molar-refractivity contribution in [1.29, 1.82) is 0 Å². The molecule has 1 heterocycles. The monoisotopic (exact) mass is 282 g/mol. The van der Waals surface area contributed by atoms with Gasteiger partial charge in [0.05, 0.1) is 12.8 Å². The van der Waals surface area contributed by atoms with Crippen molar-refractivity contribution in [2.45, 2.75) is 47.1 Å². The standard InChI is InChI=1S/C16H27FN2O/c1-12(2)6-5-7-20-16-14(8-15(17)11-19-16)10-18-9-13(3)4/h8,11-13,18H,5-7,9-10H2,1-4H3. The SMILES string of the molecule is CC(C)CCCOc1ncc(F)cc1CNCC(C)C. The van der Waals surface area contributed by atoms with Gasteiger partial charge in [-0.3, -0.25) is 0 Å². The van der Waals surface area contributed by atoms with Crippen molar-refractivity contribution in [3.8, 4) is 5.88 Å². The lowest BCUT2D eigenvalue weighted by atomic mass is 10.1. The van der Waals surface area contributed by atoms with Gasteiger partial charge in [0.2, 0.25) is 5.88 Å². The van der Waals surface area contributed by atoms with Gasteiger partial charge in [0.25, 0.3) is 0 Å². The molecule has 1 rings (SSSR count). The summed E-state index contributed by atoms with van der Waals surface area (Å²) in [6.45, 7) is 10.8. The summed E-state index contributed by atoms with van der Waals surface area (Å²) in [7, 11) is 0. The summed E-state index contributed by atoms with van der Waals surface area (Å²) in [5.41, 5.74) is 0.787. The zero-order chi connectivity index (χ0) is 15.0. The van der Waals surface area contributed by atoms with E-state index in [1.165, 1.54) is 12.3 Å². The third-order valence-electron chi connectivity index (χ3n) is 2.92. The Balaban J connectivity index is 2.51. The lowest BCUT2D eigenvalue weighted by molar-refractivity contribution is 0.282. The van der Waals surface area contributed by atoms with Crippen molar-refractivity contribution in [2.75, 3.05) is 13.2 Å². The predicted octanol–water partition coefficient (Wildman–Crippen LogP) is 3.78. The Labute approximate surface area is 121 Å². The molecule has 0 aliphatic rings. The van der Waals surface area contributed by atoms with E-state index in [0.29, 0.717) is 30.9 Å². The highest BCUT2D eigenvalue weighted by molar-refractivity contribution is 5.26. The van der Waals surface area contributed by atoms with E-state index in [1.807, 2.05) is 0 Å². The van der Waals surface area contributed by atoms with Gasteiger partial charge in [0.1, 0.15) is 5.82 Å². The summed E-state index contributed by atoms with van der Waals surface area (Å²) < 4.78 is 19.0. The van der Waals surface area contributed by atoms with Crippen molar-refractivity contribution in [3.05, 3.63) is 23.6 Å². The Morgan fingerprint density at radius 3 is 2.65 bits per heavy atom. The van der Waals surface area contributed by atoms with Crippen LogP contribution in [0, 0.1) is 17.7 Å². The molecule has 0 amide bonds. The second kappa shape index (κ2) is 8.90. The van der Waals surface area contributed by atoms with E-state index in [0.717, 1.165) is 24.9 Å². The maximum atomic E-state index is 13.3. The van der Waals surface area contributed by atoms with E-state index >= 15 is 0 Å². The number of rotatable bonds is 9. The number of nitrogens with zero attached hydrogens (tertiary/aromatic N) is 1. The number of ether oxygens (including phenoxy) is 1. The molecule has 0 saturated heterocycles. The quantitative estimate of drug-likeness (QED) is 0.700. The molecule has 4 heteroatoms. The molecule has 3 nitrogen and oxygen atoms in total. The number of pyridine rings is 1. The lowest BCUT2D eigenvalue weighted by Crippen LogP contribution is -2.20. The van der Waals surface area contributed by atoms with Gasteiger partial charge < -0.3 is 10.1 Å². The van der Waals surface area contributed by atoms with Gasteiger partial charge in [0, 0.05) is 12.1 Å². The first-order valence-corrected chi connectivity index (χ1v) is 7.47. The fraction of sp³-hybridized carbons (Fsp3) is 0.688. The van der Waals surface area contributed by atoms with Gasteiger partial charge >= 0.3 is 0 Å². The Morgan fingerprint density at radius 2 is 2.00 bits per heavy atom. The summed E-state index contributed by atoms with van der Waals surface area (Å²) in [5, 5.41) is 3.29. The van der Waals surface area contributed by atoms with Crippen molar-refractivity contribution >= 4 is 0 Å². The van der Waals surface area contributed by atoms with Gasteiger partial charge in [-0.05, 0) is 37.3 Å². The van der Waals surface area contributed by atoms with E-state index in [2.05, 4.69) is 38.0 Å². The molecule has 0 spiro atoms. The molecule has 0 aliphatic carbocycles. The Morgan fingerprint density at radius 1 is 1.25 bits per heavy atom. The molecule has 20 heavy (non-hydrogen) atoms. The number of nitrogens with one attached hydrogen (secondary N) is 1. The minimum Gasteiger partial charge on any atom is -0.477 e. The van der Waals surface area contributed by atoms with E-state index < -0.39 is 0 Å². The van der Waals surface area contributed by atoms with Crippen LogP contribution in [0.4, 0.5) is 4.39 Å². The molecular formula is C16H27FN2O. The largest absolute Gasteiger partial charge is 0.477 e. The minimum atomic E-state index is -0.319. The third kappa shape index (κ3) is 6.85. The van der Waals surface area contributed by atoms with E-state index in [-0.39, 0.29) is 5.82 Å². The molecule has 1 aromatic heterocycles. The molecule has 0 atom stereocenters. The molecule has 0 aliphatic heterocycles. The summed E-state index contributed by atoms with van der Waals surface area (Å²) in [4.78, 5) is 4.06. The number of halogens is 1. The van der Waals surface area contributed by atoms with Gasteiger partial charge in [-0.15, -0.1) is 0 Å². The average Bonchev–Trinajstić information content (AvgIpc) is 2.36. The molecule has 0 fully saturated rings. The summed E-state index contributed by atoms with van der Waals surface area (Å²) in [6, 6.07) is 1.50. The average molecular weight is 282 g/mol. The van der Waals surface area contributed by atoms with Crippen LogP contribution in [-0.4, -0.2) is 18.1 Å². The Bertz CT molecular complexity index is 394. The summed E-state index contributed by atoms with van der Waals surface area (Å²) in [6.07, 6.45) is 3.33.